The molecule has 0 radical (unpaired) electrons. The zero-order chi connectivity index (χ0) is 24.6. The normalized spacial score (nSPS) is 17.9. The van der Waals surface area contributed by atoms with Crippen molar-refractivity contribution in [1.29, 1.82) is 0 Å². The van der Waals surface area contributed by atoms with Gasteiger partial charge in [-0.1, -0.05) is 6.07 Å². The van der Waals surface area contributed by atoms with Crippen molar-refractivity contribution in [1.82, 2.24) is 14.8 Å². The van der Waals surface area contributed by atoms with Crippen LogP contribution in [-0.4, -0.2) is 65.3 Å². The molecule has 4 rings (SSSR count). The lowest BCUT2D eigenvalue weighted by Gasteiger charge is -2.42. The standard InChI is InChI=1S/C24H27F3N4O3/c1-14-9-21(34-2)18(16-5-6-29-22(14)16)11-31-8-7-30(13-24(25,26)27)12-20(31)15-3-4-17(23(32)33)19(28)10-15/h3-6,9-10,20,29H,7-8,11-13,28H2,1-2H3,(H,32,33)/t20-/m0/s1. The number of nitrogens with zero attached hydrogens (tertiary/aromatic N) is 2. The third-order valence-electron chi connectivity index (χ3n) is 6.36. The number of aromatic amines is 1. The van der Waals surface area contributed by atoms with Crippen molar-refractivity contribution < 1.29 is 27.8 Å². The van der Waals surface area contributed by atoms with Crippen LogP contribution in [0.4, 0.5) is 18.9 Å². The summed E-state index contributed by atoms with van der Waals surface area (Å²) >= 11 is 0. The Bertz CT molecular complexity index is 1210. The lowest BCUT2D eigenvalue weighted by molar-refractivity contribution is -0.152. The number of ether oxygens (including phenoxy) is 1. The van der Waals surface area contributed by atoms with Crippen molar-refractivity contribution in [3.63, 3.8) is 0 Å². The van der Waals surface area contributed by atoms with Crippen LogP contribution in [0.1, 0.15) is 33.1 Å². The van der Waals surface area contributed by atoms with Gasteiger partial charge in [-0.2, -0.15) is 13.2 Å². The minimum Gasteiger partial charge on any atom is -0.496 e. The predicted octanol–water partition coefficient (Wildman–Crippen LogP) is 4.19. The minimum atomic E-state index is -4.31. The molecule has 182 valence electrons. The van der Waals surface area contributed by atoms with Crippen LogP contribution in [0.3, 0.4) is 0 Å². The van der Waals surface area contributed by atoms with E-state index in [4.69, 9.17) is 10.5 Å². The number of aryl methyl sites for hydroxylation is 1. The summed E-state index contributed by atoms with van der Waals surface area (Å²) in [6.07, 6.45) is -2.46. The van der Waals surface area contributed by atoms with Gasteiger partial charge < -0.3 is 20.6 Å². The number of anilines is 1. The molecule has 1 saturated heterocycles. The first-order valence-electron chi connectivity index (χ1n) is 10.9. The Morgan fingerprint density at radius 2 is 2.03 bits per heavy atom. The Hall–Kier alpha value is -3.24. The highest BCUT2D eigenvalue weighted by molar-refractivity contribution is 5.93. The monoisotopic (exact) mass is 476 g/mol. The number of alkyl halides is 3. The number of hydrogen-bond acceptors (Lipinski definition) is 5. The van der Waals surface area contributed by atoms with Crippen LogP contribution in [0.25, 0.3) is 10.9 Å². The number of carboxylic acids is 1. The average Bonchev–Trinajstić information content (AvgIpc) is 3.25. The van der Waals surface area contributed by atoms with E-state index in [1.807, 2.05) is 25.3 Å². The number of halogens is 3. The number of carbonyl (C=O) groups is 1. The van der Waals surface area contributed by atoms with Gasteiger partial charge in [0.1, 0.15) is 5.75 Å². The van der Waals surface area contributed by atoms with Gasteiger partial charge in [-0.3, -0.25) is 9.80 Å². The number of nitrogens with two attached hydrogens (primary N) is 1. The summed E-state index contributed by atoms with van der Waals surface area (Å²) in [5, 5.41) is 10.3. The van der Waals surface area contributed by atoms with Crippen LogP contribution >= 0.6 is 0 Å². The van der Waals surface area contributed by atoms with Crippen molar-refractivity contribution in [3.05, 3.63) is 58.8 Å². The number of aromatic carboxylic acids is 1. The molecule has 0 saturated carbocycles. The van der Waals surface area contributed by atoms with Crippen LogP contribution < -0.4 is 10.5 Å². The molecule has 10 heteroatoms. The molecule has 2 heterocycles. The van der Waals surface area contributed by atoms with Crippen molar-refractivity contribution in [2.45, 2.75) is 25.7 Å². The maximum absolute atomic E-state index is 13.1. The lowest BCUT2D eigenvalue weighted by Crippen LogP contribution is -2.50. The first-order chi connectivity index (χ1) is 16.1. The summed E-state index contributed by atoms with van der Waals surface area (Å²) < 4.78 is 45.1. The Morgan fingerprint density at radius 1 is 1.26 bits per heavy atom. The van der Waals surface area contributed by atoms with Crippen molar-refractivity contribution in [2.75, 3.05) is 39.0 Å². The number of hydrogen-bond donors (Lipinski definition) is 3. The average molecular weight is 476 g/mol. The van der Waals surface area contributed by atoms with Crippen molar-refractivity contribution in [2.24, 2.45) is 0 Å². The molecule has 1 atom stereocenters. The summed E-state index contributed by atoms with van der Waals surface area (Å²) in [5.41, 5.74) is 9.64. The minimum absolute atomic E-state index is 0.0347. The number of rotatable bonds is 6. The summed E-state index contributed by atoms with van der Waals surface area (Å²) in [6, 6.07) is 8.09. The molecular weight excluding hydrogens is 449 g/mol. The number of aromatic nitrogens is 1. The third kappa shape index (κ3) is 4.83. The highest BCUT2D eigenvalue weighted by atomic mass is 19.4. The van der Waals surface area contributed by atoms with Gasteiger partial charge in [0.15, 0.2) is 0 Å². The van der Waals surface area contributed by atoms with E-state index in [9.17, 15) is 23.1 Å². The van der Waals surface area contributed by atoms with Crippen LogP contribution in [0, 0.1) is 6.92 Å². The number of fused-ring (bicyclic) bond motifs is 1. The predicted molar refractivity (Wildman–Crippen MR) is 123 cm³/mol. The topological polar surface area (TPSA) is 94.8 Å². The van der Waals surface area contributed by atoms with Crippen molar-refractivity contribution >= 4 is 22.6 Å². The molecule has 1 aromatic heterocycles. The Labute approximate surface area is 194 Å². The summed E-state index contributed by atoms with van der Waals surface area (Å²) in [6.45, 7) is 2.21. The zero-order valence-corrected chi connectivity index (χ0v) is 18.9. The fraction of sp³-hybridized carbons (Fsp3) is 0.375. The first-order valence-corrected chi connectivity index (χ1v) is 10.9. The fourth-order valence-electron chi connectivity index (χ4n) is 4.75. The Kier molecular flexibility index (Phi) is 6.46. The molecule has 0 unspecified atom stereocenters. The molecular formula is C24H27F3N4O3. The number of benzene rings is 2. The molecule has 1 aliphatic heterocycles. The van der Waals surface area contributed by atoms with Gasteiger partial charge in [0, 0.05) is 60.6 Å². The largest absolute Gasteiger partial charge is 0.496 e. The molecule has 3 aromatic rings. The van der Waals surface area contributed by atoms with E-state index >= 15 is 0 Å². The van der Waals surface area contributed by atoms with E-state index in [0.29, 0.717) is 24.4 Å². The molecule has 0 aliphatic carbocycles. The van der Waals surface area contributed by atoms with Crippen LogP contribution in [-0.2, 0) is 6.54 Å². The quantitative estimate of drug-likeness (QED) is 0.462. The number of nitrogen functional groups attached to an aromatic ring is 1. The van der Waals surface area contributed by atoms with E-state index in [1.54, 1.807) is 19.2 Å². The van der Waals surface area contributed by atoms with Gasteiger partial charge in [-0.25, -0.2) is 4.79 Å². The van der Waals surface area contributed by atoms with Gasteiger partial charge in [0.25, 0.3) is 0 Å². The fourth-order valence-corrected chi connectivity index (χ4v) is 4.75. The van der Waals surface area contributed by atoms with E-state index in [1.165, 1.54) is 11.0 Å². The summed E-state index contributed by atoms with van der Waals surface area (Å²) in [7, 11) is 1.60. The second-order valence-electron chi connectivity index (χ2n) is 8.63. The number of methoxy groups -OCH3 is 1. The second kappa shape index (κ2) is 9.19. The number of H-pyrrole nitrogens is 1. The zero-order valence-electron chi connectivity index (χ0n) is 18.9. The maximum atomic E-state index is 13.1. The van der Waals surface area contributed by atoms with E-state index in [2.05, 4.69) is 9.88 Å². The van der Waals surface area contributed by atoms with Gasteiger partial charge >= 0.3 is 12.1 Å². The van der Waals surface area contributed by atoms with Crippen LogP contribution in [0.5, 0.6) is 5.75 Å². The number of carboxylic acid groups (broad SMARTS) is 1. The molecule has 0 spiro atoms. The van der Waals surface area contributed by atoms with E-state index in [-0.39, 0.29) is 24.3 Å². The highest BCUT2D eigenvalue weighted by Crippen LogP contribution is 2.36. The van der Waals surface area contributed by atoms with E-state index in [0.717, 1.165) is 22.0 Å². The van der Waals surface area contributed by atoms with Crippen molar-refractivity contribution in [3.8, 4) is 5.75 Å². The highest BCUT2D eigenvalue weighted by Gasteiger charge is 2.36. The molecule has 1 aliphatic rings. The van der Waals surface area contributed by atoms with Gasteiger partial charge in [0.05, 0.1) is 19.2 Å². The first kappa shape index (κ1) is 23.9. The Morgan fingerprint density at radius 3 is 2.68 bits per heavy atom. The third-order valence-corrected chi connectivity index (χ3v) is 6.36. The van der Waals surface area contributed by atoms with Gasteiger partial charge in [-0.05, 0) is 42.3 Å². The van der Waals surface area contributed by atoms with Gasteiger partial charge in [0.2, 0.25) is 0 Å². The smallest absolute Gasteiger partial charge is 0.401 e. The Balaban J connectivity index is 1.72. The summed E-state index contributed by atoms with van der Waals surface area (Å²) in [4.78, 5) is 18.1. The molecule has 0 amide bonds. The maximum Gasteiger partial charge on any atom is 0.401 e. The molecule has 2 aromatic carbocycles. The number of piperazine rings is 1. The SMILES string of the molecule is COc1cc(C)c2[nH]ccc2c1CN1CCN(CC(F)(F)F)C[C@H]1c1ccc(C(=O)O)c(N)c1. The molecule has 4 N–H and O–H groups in total. The molecule has 7 nitrogen and oxygen atoms in total. The number of nitrogens with one attached hydrogen (secondary N) is 1. The lowest BCUT2D eigenvalue weighted by atomic mass is 9.97. The summed E-state index contributed by atoms with van der Waals surface area (Å²) in [5.74, 6) is -0.440. The van der Waals surface area contributed by atoms with Gasteiger partial charge in [-0.15, -0.1) is 0 Å². The van der Waals surface area contributed by atoms with Crippen LogP contribution in [0.2, 0.25) is 0 Å². The van der Waals surface area contributed by atoms with E-state index < -0.39 is 24.7 Å². The van der Waals surface area contributed by atoms with Crippen LogP contribution in [0.15, 0.2) is 36.5 Å². The molecule has 1 fully saturated rings. The molecule has 34 heavy (non-hydrogen) atoms. The second-order valence-corrected chi connectivity index (χ2v) is 8.63. The molecule has 0 bridgehead atoms.